The van der Waals surface area contributed by atoms with Gasteiger partial charge in [-0.3, -0.25) is 9.52 Å². The summed E-state index contributed by atoms with van der Waals surface area (Å²) in [5.41, 5.74) is 8.32. The van der Waals surface area contributed by atoms with Crippen molar-refractivity contribution >= 4 is 38.1 Å². The molecule has 0 aliphatic heterocycles. The minimum atomic E-state index is -4.16. The van der Waals surface area contributed by atoms with E-state index in [9.17, 15) is 18.3 Å². The fourth-order valence-electron chi connectivity index (χ4n) is 5.26. The second-order valence-corrected chi connectivity index (χ2v) is 14.7. The van der Waals surface area contributed by atoms with Gasteiger partial charge in [0.05, 0.1) is 18.0 Å². The zero-order chi connectivity index (χ0) is 33.7. The van der Waals surface area contributed by atoms with E-state index in [1.54, 1.807) is 36.4 Å². The number of carbonyl (C=O) groups excluding carboxylic acids is 1. The SMILES string of the molecule is CCC(C)(C)c1ccc(OCCCCNC(=O)c2c(NS(=O)(=O)c3ccccc3N)cc3ccccc3c2O)c(C(C)(C)CC)c1. The highest BCUT2D eigenvalue weighted by molar-refractivity contribution is 7.92. The summed E-state index contributed by atoms with van der Waals surface area (Å²) in [6, 6.07) is 21.0. The maximum atomic E-state index is 13.4. The number of amides is 1. The summed E-state index contributed by atoms with van der Waals surface area (Å²) in [4.78, 5) is 13.3. The molecule has 0 bridgehead atoms. The lowest BCUT2D eigenvalue weighted by atomic mass is 9.76. The minimum Gasteiger partial charge on any atom is -0.506 e. The number of para-hydroxylation sites is 1. The molecule has 0 aliphatic carbocycles. The van der Waals surface area contributed by atoms with Gasteiger partial charge in [-0.2, -0.15) is 0 Å². The first-order valence-electron chi connectivity index (χ1n) is 15.9. The van der Waals surface area contributed by atoms with E-state index in [2.05, 4.69) is 69.8 Å². The number of phenolic OH excluding ortho intramolecular Hbond substituents is 1. The third-order valence-corrected chi connectivity index (χ3v) is 10.5. The highest BCUT2D eigenvalue weighted by atomic mass is 32.2. The van der Waals surface area contributed by atoms with Crippen LogP contribution in [-0.4, -0.2) is 32.6 Å². The molecule has 9 heteroatoms. The highest BCUT2D eigenvalue weighted by Crippen LogP contribution is 2.39. The normalized spacial score (nSPS) is 12.2. The van der Waals surface area contributed by atoms with E-state index in [0.29, 0.717) is 36.8 Å². The summed E-state index contributed by atoms with van der Waals surface area (Å²) in [6.07, 6.45) is 3.32. The van der Waals surface area contributed by atoms with Crippen LogP contribution in [0.5, 0.6) is 11.5 Å². The van der Waals surface area contributed by atoms with E-state index in [0.717, 1.165) is 18.6 Å². The molecule has 46 heavy (non-hydrogen) atoms. The molecule has 4 rings (SSSR count). The predicted molar refractivity (Wildman–Crippen MR) is 187 cm³/mol. The maximum Gasteiger partial charge on any atom is 0.263 e. The molecule has 1 amide bonds. The molecule has 4 aromatic carbocycles. The number of ether oxygens (including phenoxy) is 1. The first-order chi connectivity index (χ1) is 21.7. The van der Waals surface area contributed by atoms with Crippen LogP contribution in [0.2, 0.25) is 0 Å². The Hall–Kier alpha value is -4.24. The van der Waals surface area contributed by atoms with E-state index < -0.39 is 15.9 Å². The van der Waals surface area contributed by atoms with Crippen molar-refractivity contribution in [3.63, 3.8) is 0 Å². The number of hydrogen-bond donors (Lipinski definition) is 4. The summed E-state index contributed by atoms with van der Waals surface area (Å²) >= 11 is 0. The smallest absolute Gasteiger partial charge is 0.263 e. The van der Waals surface area contributed by atoms with Crippen LogP contribution in [0.4, 0.5) is 11.4 Å². The Bertz CT molecular complexity index is 1820. The molecule has 0 aliphatic rings. The second kappa shape index (κ2) is 14.0. The molecule has 246 valence electrons. The molecule has 4 aromatic rings. The van der Waals surface area contributed by atoms with Gasteiger partial charge in [0.15, 0.2) is 0 Å². The Balaban J connectivity index is 1.46. The third-order valence-electron chi connectivity index (χ3n) is 9.07. The monoisotopic (exact) mass is 645 g/mol. The van der Waals surface area contributed by atoms with Crippen LogP contribution in [0.1, 0.15) is 88.7 Å². The molecule has 0 radical (unpaired) electrons. The van der Waals surface area contributed by atoms with Gasteiger partial charge in [0.2, 0.25) is 0 Å². The van der Waals surface area contributed by atoms with Gasteiger partial charge in [-0.25, -0.2) is 8.42 Å². The zero-order valence-electron chi connectivity index (χ0n) is 27.7. The van der Waals surface area contributed by atoms with Crippen LogP contribution < -0.4 is 20.5 Å². The summed E-state index contributed by atoms with van der Waals surface area (Å²) in [5.74, 6) is -0.0222. The molecular weight excluding hydrogens is 598 g/mol. The van der Waals surface area contributed by atoms with E-state index >= 15 is 0 Å². The summed E-state index contributed by atoms with van der Waals surface area (Å²) in [5, 5.41) is 15.0. The largest absolute Gasteiger partial charge is 0.506 e. The van der Waals surface area contributed by atoms with Gasteiger partial charge in [-0.15, -0.1) is 0 Å². The number of rotatable bonds is 14. The fraction of sp³-hybridized carbons (Fsp3) is 0.378. The predicted octanol–water partition coefficient (Wildman–Crippen LogP) is 7.89. The Labute approximate surface area is 273 Å². The molecule has 5 N–H and O–H groups in total. The first kappa shape index (κ1) is 34.6. The molecule has 0 fully saturated rings. The number of nitrogens with one attached hydrogen (secondary N) is 2. The van der Waals surface area contributed by atoms with Crippen LogP contribution in [0, 0.1) is 0 Å². The Morgan fingerprint density at radius 1 is 0.891 bits per heavy atom. The molecule has 0 saturated carbocycles. The number of hydrogen-bond acceptors (Lipinski definition) is 6. The van der Waals surface area contributed by atoms with Crippen molar-refractivity contribution in [3.05, 3.63) is 89.5 Å². The summed E-state index contributed by atoms with van der Waals surface area (Å²) < 4.78 is 35.3. The van der Waals surface area contributed by atoms with Gasteiger partial charge in [-0.1, -0.05) is 90.1 Å². The van der Waals surface area contributed by atoms with Crippen molar-refractivity contribution in [2.75, 3.05) is 23.6 Å². The average molecular weight is 646 g/mol. The number of nitrogen functional groups attached to an aromatic ring is 1. The molecule has 0 spiro atoms. The lowest BCUT2D eigenvalue weighted by Crippen LogP contribution is -2.27. The van der Waals surface area contributed by atoms with Gasteiger partial charge in [-0.05, 0) is 71.7 Å². The number of fused-ring (bicyclic) bond motifs is 1. The van der Waals surface area contributed by atoms with Crippen molar-refractivity contribution in [2.24, 2.45) is 0 Å². The van der Waals surface area contributed by atoms with E-state index in [1.807, 2.05) is 0 Å². The lowest BCUT2D eigenvalue weighted by Gasteiger charge is -2.30. The Morgan fingerprint density at radius 3 is 2.26 bits per heavy atom. The molecule has 0 saturated heterocycles. The average Bonchev–Trinajstić information content (AvgIpc) is 3.02. The summed E-state index contributed by atoms with van der Waals surface area (Å²) in [7, 11) is -4.16. The van der Waals surface area contributed by atoms with Crippen molar-refractivity contribution in [1.82, 2.24) is 5.32 Å². The Kier molecular flexibility index (Phi) is 10.6. The lowest BCUT2D eigenvalue weighted by molar-refractivity contribution is 0.0951. The van der Waals surface area contributed by atoms with E-state index in [1.165, 1.54) is 29.3 Å². The van der Waals surface area contributed by atoms with Crippen molar-refractivity contribution in [3.8, 4) is 11.5 Å². The number of nitrogens with two attached hydrogens (primary N) is 1. The standard InChI is InChI=1S/C37H47N3O5S/c1-7-36(3,4)26-19-20-31(28(24-26)37(5,6)8-2)45-22-14-13-21-39-35(42)33-30(23-25-15-9-10-16-27(25)34(33)41)40-46(43,44)32-18-12-11-17-29(32)38/h9-12,15-20,23-24,40-41H,7-8,13-14,21-22,38H2,1-6H3,(H,39,42). The van der Waals surface area contributed by atoms with Crippen LogP contribution in [0.15, 0.2) is 77.7 Å². The minimum absolute atomic E-state index is 0.0407. The highest BCUT2D eigenvalue weighted by Gasteiger charge is 2.27. The zero-order valence-corrected chi connectivity index (χ0v) is 28.6. The van der Waals surface area contributed by atoms with E-state index in [4.69, 9.17) is 10.5 Å². The number of aromatic hydroxyl groups is 1. The number of phenols is 1. The summed E-state index contributed by atoms with van der Waals surface area (Å²) in [6.45, 7) is 14.2. The van der Waals surface area contributed by atoms with Crippen LogP contribution in [-0.2, 0) is 20.9 Å². The molecule has 0 atom stereocenters. The number of sulfonamides is 1. The van der Waals surface area contributed by atoms with Crippen LogP contribution in [0.3, 0.4) is 0 Å². The number of benzene rings is 4. The van der Waals surface area contributed by atoms with Gasteiger partial charge in [0.25, 0.3) is 15.9 Å². The van der Waals surface area contributed by atoms with Crippen LogP contribution >= 0.6 is 0 Å². The van der Waals surface area contributed by atoms with Gasteiger partial charge >= 0.3 is 0 Å². The third kappa shape index (κ3) is 7.58. The number of unbranched alkanes of at least 4 members (excludes halogenated alkanes) is 1. The Morgan fingerprint density at radius 2 is 1.57 bits per heavy atom. The van der Waals surface area contributed by atoms with Gasteiger partial charge < -0.3 is 20.9 Å². The maximum absolute atomic E-state index is 13.4. The molecular formula is C37H47N3O5S. The van der Waals surface area contributed by atoms with Gasteiger partial charge in [0, 0.05) is 17.5 Å². The molecule has 8 nitrogen and oxygen atoms in total. The second-order valence-electron chi connectivity index (χ2n) is 13.0. The first-order valence-corrected chi connectivity index (χ1v) is 17.4. The molecule has 0 heterocycles. The molecule has 0 unspecified atom stereocenters. The van der Waals surface area contributed by atoms with E-state index in [-0.39, 0.29) is 38.4 Å². The van der Waals surface area contributed by atoms with Crippen molar-refractivity contribution in [1.29, 1.82) is 0 Å². The van der Waals surface area contributed by atoms with Crippen molar-refractivity contribution in [2.45, 2.75) is 83.0 Å². The van der Waals surface area contributed by atoms with Crippen molar-refractivity contribution < 1.29 is 23.1 Å². The number of carbonyl (C=O) groups is 1. The fourth-order valence-corrected chi connectivity index (χ4v) is 6.46. The molecule has 0 aromatic heterocycles. The van der Waals surface area contributed by atoms with Crippen LogP contribution in [0.25, 0.3) is 10.8 Å². The van der Waals surface area contributed by atoms with Gasteiger partial charge in [0.1, 0.15) is 22.0 Å². The number of anilines is 2. The topological polar surface area (TPSA) is 131 Å². The quantitative estimate of drug-likeness (QED) is 0.0815.